The second-order valence-corrected chi connectivity index (χ2v) is 6.99. The van der Waals surface area contributed by atoms with Crippen LogP contribution < -0.4 is 5.73 Å². The first kappa shape index (κ1) is 14.5. The molecular formula is C13H16N2O4S. The second kappa shape index (κ2) is 5.24. The van der Waals surface area contributed by atoms with Crippen LogP contribution in [0.25, 0.3) is 0 Å². The Balaban J connectivity index is 2.20. The van der Waals surface area contributed by atoms with Gasteiger partial charge < -0.3 is 5.73 Å². The number of benzene rings is 1. The van der Waals surface area contributed by atoms with Crippen molar-refractivity contribution >= 4 is 27.3 Å². The smallest absolute Gasteiger partial charge is 0.263 e. The number of amides is 2. The van der Waals surface area contributed by atoms with E-state index in [-0.39, 0.29) is 34.9 Å². The molecule has 1 aromatic carbocycles. The number of nitrogen functional groups attached to an aromatic ring is 1. The summed E-state index contributed by atoms with van der Waals surface area (Å²) in [6.07, 6.45) is 0.511. The molecule has 0 atom stereocenters. The van der Waals surface area contributed by atoms with Gasteiger partial charge in [-0.1, -0.05) is 13.0 Å². The lowest BCUT2D eigenvalue weighted by atomic mass is 10.1. The Morgan fingerprint density at radius 1 is 1.15 bits per heavy atom. The molecular weight excluding hydrogens is 280 g/mol. The molecule has 2 rings (SSSR count). The molecule has 0 saturated carbocycles. The highest BCUT2D eigenvalue weighted by atomic mass is 32.2. The third-order valence-electron chi connectivity index (χ3n) is 3.17. The topological polar surface area (TPSA) is 97.5 Å². The minimum Gasteiger partial charge on any atom is -0.398 e. The van der Waals surface area contributed by atoms with E-state index in [1.54, 1.807) is 19.1 Å². The van der Waals surface area contributed by atoms with Crippen LogP contribution in [0.4, 0.5) is 5.69 Å². The number of fused-ring (bicyclic) bond motifs is 1. The molecule has 2 amide bonds. The Bertz CT molecular complexity index is 667. The standard InChI is InChI=1S/C13H16N2O4S/c1-2-7-20(18,19)8-6-15-12(16)9-4-3-5-10(14)11(9)13(15)17/h3-5H,2,6-8,14H2,1H3. The lowest BCUT2D eigenvalue weighted by Gasteiger charge is -2.13. The summed E-state index contributed by atoms with van der Waals surface area (Å²) in [6, 6.07) is 4.66. The molecule has 20 heavy (non-hydrogen) atoms. The molecule has 0 spiro atoms. The summed E-state index contributed by atoms with van der Waals surface area (Å²) in [7, 11) is -3.24. The highest BCUT2D eigenvalue weighted by Gasteiger charge is 2.37. The zero-order valence-corrected chi connectivity index (χ0v) is 11.9. The Morgan fingerprint density at radius 3 is 2.45 bits per heavy atom. The molecule has 1 aromatic rings. The van der Waals surface area contributed by atoms with E-state index in [1.807, 2.05) is 0 Å². The van der Waals surface area contributed by atoms with Crippen molar-refractivity contribution in [2.45, 2.75) is 13.3 Å². The zero-order valence-electron chi connectivity index (χ0n) is 11.1. The molecule has 0 aliphatic carbocycles. The fraction of sp³-hybridized carbons (Fsp3) is 0.385. The fourth-order valence-electron chi connectivity index (χ4n) is 2.21. The van der Waals surface area contributed by atoms with E-state index in [0.29, 0.717) is 6.42 Å². The van der Waals surface area contributed by atoms with E-state index >= 15 is 0 Å². The lowest BCUT2D eigenvalue weighted by Crippen LogP contribution is -2.34. The third-order valence-corrected chi connectivity index (χ3v) is 5.01. The molecule has 0 fully saturated rings. The highest BCUT2D eigenvalue weighted by molar-refractivity contribution is 7.91. The molecule has 1 heterocycles. The molecule has 1 aliphatic heterocycles. The maximum Gasteiger partial charge on any atom is 0.263 e. The van der Waals surface area contributed by atoms with Gasteiger partial charge in [0.2, 0.25) is 0 Å². The Hall–Kier alpha value is -1.89. The number of imide groups is 1. The molecule has 0 saturated heterocycles. The summed E-state index contributed by atoms with van der Waals surface area (Å²) in [5.41, 5.74) is 6.34. The number of sulfone groups is 1. The van der Waals surface area contributed by atoms with E-state index < -0.39 is 21.7 Å². The van der Waals surface area contributed by atoms with Crippen LogP contribution in [-0.2, 0) is 9.84 Å². The number of carbonyl (C=O) groups is 2. The molecule has 0 bridgehead atoms. The maximum atomic E-state index is 12.1. The normalized spacial score (nSPS) is 14.8. The Labute approximate surface area is 117 Å². The van der Waals surface area contributed by atoms with E-state index in [4.69, 9.17) is 5.73 Å². The van der Waals surface area contributed by atoms with Crippen molar-refractivity contribution in [2.24, 2.45) is 0 Å². The minimum absolute atomic E-state index is 0.0539. The average Bonchev–Trinajstić information content (AvgIpc) is 2.61. The second-order valence-electron chi connectivity index (χ2n) is 4.68. The molecule has 0 aromatic heterocycles. The number of anilines is 1. The van der Waals surface area contributed by atoms with Gasteiger partial charge in [-0.3, -0.25) is 14.5 Å². The first-order valence-corrected chi connectivity index (χ1v) is 8.14. The molecule has 7 heteroatoms. The monoisotopic (exact) mass is 296 g/mol. The first-order valence-electron chi connectivity index (χ1n) is 6.32. The number of hydrogen-bond donors (Lipinski definition) is 1. The summed E-state index contributed by atoms with van der Waals surface area (Å²) in [5, 5.41) is 0. The van der Waals surface area contributed by atoms with E-state index in [2.05, 4.69) is 0 Å². The van der Waals surface area contributed by atoms with Crippen LogP contribution in [0.2, 0.25) is 0 Å². The summed E-state index contributed by atoms with van der Waals surface area (Å²) in [6.45, 7) is 1.63. The summed E-state index contributed by atoms with van der Waals surface area (Å²) in [4.78, 5) is 25.2. The number of rotatable bonds is 5. The van der Waals surface area contributed by atoms with Crippen molar-refractivity contribution in [1.82, 2.24) is 4.90 Å². The van der Waals surface area contributed by atoms with Crippen LogP contribution >= 0.6 is 0 Å². The first-order chi connectivity index (χ1) is 9.37. The van der Waals surface area contributed by atoms with Gasteiger partial charge in [-0.2, -0.15) is 0 Å². The largest absolute Gasteiger partial charge is 0.398 e. The Morgan fingerprint density at radius 2 is 1.85 bits per heavy atom. The lowest BCUT2D eigenvalue weighted by molar-refractivity contribution is 0.0664. The molecule has 0 radical (unpaired) electrons. The molecule has 0 unspecified atom stereocenters. The third kappa shape index (κ3) is 2.53. The SMILES string of the molecule is CCCS(=O)(=O)CCN1C(=O)c2cccc(N)c2C1=O. The predicted molar refractivity (Wildman–Crippen MR) is 75.2 cm³/mol. The van der Waals surface area contributed by atoms with Gasteiger partial charge in [-0.15, -0.1) is 0 Å². The van der Waals surface area contributed by atoms with Crippen molar-refractivity contribution in [2.75, 3.05) is 23.8 Å². The van der Waals surface area contributed by atoms with E-state index in [1.165, 1.54) is 6.07 Å². The quantitative estimate of drug-likeness (QED) is 0.637. The van der Waals surface area contributed by atoms with Gasteiger partial charge >= 0.3 is 0 Å². The summed E-state index contributed by atoms with van der Waals surface area (Å²) >= 11 is 0. The molecule has 108 valence electrons. The van der Waals surface area contributed by atoms with Gasteiger partial charge in [0.25, 0.3) is 11.8 Å². The van der Waals surface area contributed by atoms with Crippen molar-refractivity contribution in [3.63, 3.8) is 0 Å². The number of hydrogen-bond acceptors (Lipinski definition) is 5. The van der Waals surface area contributed by atoms with Crippen LogP contribution in [0.5, 0.6) is 0 Å². The molecule has 1 aliphatic rings. The Kier molecular flexibility index (Phi) is 3.80. The fourth-order valence-corrected chi connectivity index (χ4v) is 3.49. The van der Waals surface area contributed by atoms with Gasteiger partial charge in [0.1, 0.15) is 0 Å². The maximum absolute atomic E-state index is 12.1. The van der Waals surface area contributed by atoms with Crippen LogP contribution in [0, 0.1) is 0 Å². The summed E-state index contributed by atoms with van der Waals surface area (Å²) < 4.78 is 23.3. The van der Waals surface area contributed by atoms with Crippen LogP contribution in [0.1, 0.15) is 34.1 Å². The van der Waals surface area contributed by atoms with Crippen LogP contribution in [0.15, 0.2) is 18.2 Å². The number of carbonyl (C=O) groups excluding carboxylic acids is 2. The number of nitrogens with zero attached hydrogens (tertiary/aromatic N) is 1. The summed E-state index contributed by atoms with van der Waals surface area (Å²) in [5.74, 6) is -1.16. The van der Waals surface area contributed by atoms with Crippen molar-refractivity contribution in [3.05, 3.63) is 29.3 Å². The van der Waals surface area contributed by atoms with Gasteiger partial charge in [0.15, 0.2) is 9.84 Å². The zero-order chi connectivity index (χ0) is 14.9. The van der Waals surface area contributed by atoms with Gasteiger partial charge in [-0.25, -0.2) is 8.42 Å². The average molecular weight is 296 g/mol. The van der Waals surface area contributed by atoms with Crippen molar-refractivity contribution in [1.29, 1.82) is 0 Å². The number of nitrogens with two attached hydrogens (primary N) is 1. The van der Waals surface area contributed by atoms with Gasteiger partial charge in [0, 0.05) is 18.0 Å². The minimum atomic E-state index is -3.24. The van der Waals surface area contributed by atoms with Crippen LogP contribution in [0.3, 0.4) is 0 Å². The van der Waals surface area contributed by atoms with Crippen LogP contribution in [-0.4, -0.2) is 43.2 Å². The van der Waals surface area contributed by atoms with Crippen molar-refractivity contribution < 1.29 is 18.0 Å². The molecule has 2 N–H and O–H groups in total. The molecule has 6 nitrogen and oxygen atoms in total. The highest BCUT2D eigenvalue weighted by Crippen LogP contribution is 2.27. The van der Waals surface area contributed by atoms with E-state index in [0.717, 1.165) is 4.90 Å². The predicted octanol–water partition coefficient (Wildman–Crippen LogP) is 0.690. The van der Waals surface area contributed by atoms with Gasteiger partial charge in [-0.05, 0) is 18.6 Å². The van der Waals surface area contributed by atoms with Crippen molar-refractivity contribution in [3.8, 4) is 0 Å². The van der Waals surface area contributed by atoms with E-state index in [9.17, 15) is 18.0 Å². The van der Waals surface area contributed by atoms with Gasteiger partial charge in [0.05, 0.1) is 16.9 Å².